The molecule has 1 amide bonds. The summed E-state index contributed by atoms with van der Waals surface area (Å²) in [4.78, 5) is 12.5. The predicted molar refractivity (Wildman–Crippen MR) is 107 cm³/mol. The largest absolute Gasteiger partial charge is 0.343 e. The average molecular weight is 358 g/mol. The van der Waals surface area contributed by atoms with Crippen LogP contribution in [0.15, 0.2) is 71.6 Å². The molecule has 2 aromatic carbocycles. The van der Waals surface area contributed by atoms with Crippen LogP contribution in [0.25, 0.3) is 10.9 Å². The Morgan fingerprint density at radius 2 is 1.96 bits per heavy atom. The van der Waals surface area contributed by atoms with Gasteiger partial charge in [0.1, 0.15) is 0 Å². The third-order valence-electron chi connectivity index (χ3n) is 5.12. The third kappa shape index (κ3) is 2.54. The molecular formula is C22H18N2OS. The Labute approximate surface area is 155 Å². The summed E-state index contributed by atoms with van der Waals surface area (Å²) in [5.74, 6) is 0.184. The van der Waals surface area contributed by atoms with E-state index < -0.39 is 0 Å². The van der Waals surface area contributed by atoms with E-state index >= 15 is 0 Å². The first-order valence-electron chi connectivity index (χ1n) is 8.77. The molecule has 5 rings (SSSR count). The van der Waals surface area contributed by atoms with E-state index in [1.54, 1.807) is 11.3 Å². The smallest absolute Gasteiger partial charge is 0.225 e. The Kier molecular flexibility index (Phi) is 3.64. The molecule has 0 saturated carbocycles. The molecule has 0 bridgehead atoms. The molecule has 1 N–H and O–H groups in total. The number of carbonyl (C=O) groups is 1. The van der Waals surface area contributed by atoms with Crippen LogP contribution in [-0.4, -0.2) is 10.5 Å². The zero-order valence-electron chi connectivity index (χ0n) is 14.2. The summed E-state index contributed by atoms with van der Waals surface area (Å²) in [7, 11) is 0. The molecule has 0 aliphatic carbocycles. The first kappa shape index (κ1) is 15.4. The molecule has 0 unspecified atom stereocenters. The number of nitrogens with one attached hydrogen (secondary N) is 1. The van der Waals surface area contributed by atoms with Gasteiger partial charge in [-0.1, -0.05) is 36.4 Å². The van der Waals surface area contributed by atoms with Crippen LogP contribution in [0.1, 0.15) is 29.0 Å². The Hall–Kier alpha value is -2.85. The van der Waals surface area contributed by atoms with Crippen molar-refractivity contribution in [3.05, 3.63) is 88.2 Å². The van der Waals surface area contributed by atoms with Gasteiger partial charge in [-0.25, -0.2) is 0 Å². The minimum atomic E-state index is 0.0829. The highest BCUT2D eigenvalue weighted by atomic mass is 32.1. The lowest BCUT2D eigenvalue weighted by molar-refractivity contribution is -0.116. The summed E-state index contributed by atoms with van der Waals surface area (Å²) in [6, 6.07) is 18.8. The maximum absolute atomic E-state index is 12.5. The van der Waals surface area contributed by atoms with Crippen LogP contribution in [0.5, 0.6) is 0 Å². The van der Waals surface area contributed by atoms with E-state index in [1.165, 1.54) is 27.6 Å². The standard InChI is InChI=1S/C22H18N2OS/c25-21-11-17(16-9-10-26-14-16)18-13-24(12-15-5-2-1-3-6-15)20-8-4-7-19(23-21)22(18)20/h1-10,13-14,17H,11-12H2,(H,23,25)/t17-/m1/s1. The van der Waals surface area contributed by atoms with Gasteiger partial charge >= 0.3 is 0 Å². The number of hydrogen-bond acceptors (Lipinski definition) is 2. The van der Waals surface area contributed by atoms with Gasteiger partial charge in [0.25, 0.3) is 0 Å². The molecule has 128 valence electrons. The highest BCUT2D eigenvalue weighted by molar-refractivity contribution is 7.08. The Morgan fingerprint density at radius 3 is 2.77 bits per heavy atom. The van der Waals surface area contributed by atoms with Crippen molar-refractivity contribution in [3.63, 3.8) is 0 Å². The lowest BCUT2D eigenvalue weighted by Gasteiger charge is -2.12. The summed E-state index contributed by atoms with van der Waals surface area (Å²) >= 11 is 1.68. The first-order chi connectivity index (χ1) is 12.8. The molecule has 1 atom stereocenters. The normalized spacial score (nSPS) is 16.5. The van der Waals surface area contributed by atoms with E-state index in [2.05, 4.69) is 63.2 Å². The maximum Gasteiger partial charge on any atom is 0.225 e. The number of hydrogen-bond donors (Lipinski definition) is 1. The van der Waals surface area contributed by atoms with Crippen molar-refractivity contribution in [2.24, 2.45) is 0 Å². The summed E-state index contributed by atoms with van der Waals surface area (Å²) in [5, 5.41) is 8.52. The van der Waals surface area contributed by atoms with Gasteiger partial charge in [-0.15, -0.1) is 0 Å². The van der Waals surface area contributed by atoms with Crippen LogP contribution in [-0.2, 0) is 11.3 Å². The highest BCUT2D eigenvalue weighted by Gasteiger charge is 2.27. The lowest BCUT2D eigenvalue weighted by atomic mass is 9.90. The number of thiophene rings is 1. The molecule has 26 heavy (non-hydrogen) atoms. The zero-order valence-corrected chi connectivity index (χ0v) is 15.0. The maximum atomic E-state index is 12.5. The number of anilines is 1. The van der Waals surface area contributed by atoms with Gasteiger partial charge in [-0.3, -0.25) is 4.79 Å². The van der Waals surface area contributed by atoms with E-state index in [1.807, 2.05) is 18.2 Å². The molecule has 0 spiro atoms. The second-order valence-electron chi connectivity index (χ2n) is 6.76. The van der Waals surface area contributed by atoms with Crippen molar-refractivity contribution in [1.82, 2.24) is 4.57 Å². The number of benzene rings is 2. The molecule has 0 fully saturated rings. The van der Waals surface area contributed by atoms with Gasteiger partial charge in [0, 0.05) is 30.5 Å². The summed E-state index contributed by atoms with van der Waals surface area (Å²) in [6.07, 6.45) is 2.72. The Bertz CT molecular complexity index is 1080. The number of aromatic nitrogens is 1. The first-order valence-corrected chi connectivity index (χ1v) is 9.71. The van der Waals surface area contributed by atoms with Gasteiger partial charge in [-0.2, -0.15) is 11.3 Å². The molecular weight excluding hydrogens is 340 g/mol. The molecule has 4 aromatic rings. The van der Waals surface area contributed by atoms with Crippen LogP contribution in [0, 0.1) is 0 Å². The van der Waals surface area contributed by atoms with Crippen molar-refractivity contribution < 1.29 is 4.79 Å². The van der Waals surface area contributed by atoms with Crippen LogP contribution < -0.4 is 5.32 Å². The SMILES string of the molecule is O=C1C[C@H](c2ccsc2)c2cn(Cc3ccccc3)c3cccc(c23)N1. The van der Waals surface area contributed by atoms with Gasteiger partial charge in [0.2, 0.25) is 5.91 Å². The van der Waals surface area contributed by atoms with Gasteiger partial charge in [0.05, 0.1) is 11.2 Å². The summed E-state index contributed by atoms with van der Waals surface area (Å²) in [6.45, 7) is 0.825. The number of rotatable bonds is 3. The molecule has 0 radical (unpaired) electrons. The predicted octanol–water partition coefficient (Wildman–Crippen LogP) is 5.23. The van der Waals surface area contributed by atoms with Crippen molar-refractivity contribution >= 4 is 33.8 Å². The molecule has 2 aromatic heterocycles. The Morgan fingerprint density at radius 1 is 1.08 bits per heavy atom. The van der Waals surface area contributed by atoms with Crippen LogP contribution >= 0.6 is 11.3 Å². The molecule has 1 aliphatic rings. The fraction of sp³-hybridized carbons (Fsp3) is 0.136. The van der Waals surface area contributed by atoms with E-state index in [9.17, 15) is 4.79 Å². The minimum absolute atomic E-state index is 0.0829. The molecule has 3 heterocycles. The molecule has 1 aliphatic heterocycles. The second kappa shape index (κ2) is 6.15. The van der Waals surface area contributed by atoms with Crippen molar-refractivity contribution in [2.45, 2.75) is 18.9 Å². The Balaban J connectivity index is 1.71. The topological polar surface area (TPSA) is 34.0 Å². The summed E-state index contributed by atoms with van der Waals surface area (Å²) in [5.41, 5.74) is 5.83. The third-order valence-corrected chi connectivity index (χ3v) is 5.82. The van der Waals surface area contributed by atoms with Crippen LogP contribution in [0.2, 0.25) is 0 Å². The highest BCUT2D eigenvalue weighted by Crippen LogP contribution is 2.41. The van der Waals surface area contributed by atoms with Gasteiger partial charge in [0.15, 0.2) is 0 Å². The van der Waals surface area contributed by atoms with Crippen LogP contribution in [0.3, 0.4) is 0 Å². The zero-order chi connectivity index (χ0) is 17.5. The fourth-order valence-electron chi connectivity index (χ4n) is 3.93. The second-order valence-corrected chi connectivity index (χ2v) is 7.54. The lowest BCUT2D eigenvalue weighted by Crippen LogP contribution is -2.13. The van der Waals surface area contributed by atoms with Crippen molar-refractivity contribution in [2.75, 3.05) is 5.32 Å². The minimum Gasteiger partial charge on any atom is -0.343 e. The molecule has 3 nitrogen and oxygen atoms in total. The fourth-order valence-corrected chi connectivity index (χ4v) is 4.65. The van der Waals surface area contributed by atoms with E-state index in [4.69, 9.17) is 0 Å². The van der Waals surface area contributed by atoms with Crippen molar-refractivity contribution in [3.8, 4) is 0 Å². The quantitative estimate of drug-likeness (QED) is 0.535. The molecule has 0 saturated heterocycles. The number of amides is 1. The number of nitrogens with zero attached hydrogens (tertiary/aromatic N) is 1. The van der Waals surface area contributed by atoms with Crippen LogP contribution in [0.4, 0.5) is 5.69 Å². The van der Waals surface area contributed by atoms with E-state index in [0.717, 1.165) is 12.2 Å². The van der Waals surface area contributed by atoms with E-state index in [-0.39, 0.29) is 11.8 Å². The monoisotopic (exact) mass is 358 g/mol. The average Bonchev–Trinajstić information content (AvgIpc) is 3.27. The number of carbonyl (C=O) groups excluding carboxylic acids is 1. The van der Waals surface area contributed by atoms with Gasteiger partial charge in [-0.05, 0) is 45.6 Å². The van der Waals surface area contributed by atoms with Gasteiger partial charge < -0.3 is 9.88 Å². The summed E-state index contributed by atoms with van der Waals surface area (Å²) < 4.78 is 2.31. The van der Waals surface area contributed by atoms with E-state index in [0.29, 0.717) is 6.42 Å². The van der Waals surface area contributed by atoms with Crippen molar-refractivity contribution in [1.29, 1.82) is 0 Å². The molecule has 4 heteroatoms.